The van der Waals surface area contributed by atoms with Crippen molar-refractivity contribution in [1.82, 2.24) is 10.0 Å². The van der Waals surface area contributed by atoms with Crippen molar-refractivity contribution in [2.24, 2.45) is 0 Å². The predicted octanol–water partition coefficient (Wildman–Crippen LogP) is 4.20. The van der Waals surface area contributed by atoms with E-state index in [1.165, 1.54) is 23.5 Å². The zero-order valence-corrected chi connectivity index (χ0v) is 19.3. The van der Waals surface area contributed by atoms with Crippen LogP contribution in [-0.4, -0.2) is 44.7 Å². The summed E-state index contributed by atoms with van der Waals surface area (Å²) in [5.41, 5.74) is 1.21. The first-order chi connectivity index (χ1) is 13.1. The van der Waals surface area contributed by atoms with Gasteiger partial charge in [-0.15, -0.1) is 0 Å². The van der Waals surface area contributed by atoms with Gasteiger partial charge in [-0.1, -0.05) is 19.4 Å². The molecule has 0 bridgehead atoms. The Morgan fingerprint density at radius 3 is 1.61 bits per heavy atom. The van der Waals surface area contributed by atoms with Gasteiger partial charge in [-0.05, 0) is 59.9 Å². The highest BCUT2D eigenvalue weighted by atomic mass is 31.2. The van der Waals surface area contributed by atoms with E-state index in [-0.39, 0.29) is 23.4 Å². The molecule has 1 aromatic carbocycles. The Balaban J connectivity index is 1.88. The SMILES string of the molecule is [CH2-][P+]1(c2ccccc2[P+]2([CH2-])[C@H](C)N3C(=O)CCC(=O)N3[C@H]2C)[C@H](C)CC[C@H]1C. The molecule has 2 amide bonds. The first-order valence-electron chi connectivity index (χ1n) is 10.3. The van der Waals surface area contributed by atoms with Crippen LogP contribution in [0.15, 0.2) is 24.3 Å². The van der Waals surface area contributed by atoms with Gasteiger partial charge in [0.1, 0.15) is 22.2 Å². The van der Waals surface area contributed by atoms with Gasteiger partial charge in [0.25, 0.3) is 0 Å². The fourth-order valence-electron chi connectivity index (χ4n) is 5.59. The summed E-state index contributed by atoms with van der Waals surface area (Å²) < 4.78 is 0. The van der Waals surface area contributed by atoms with Crippen LogP contribution in [0.25, 0.3) is 0 Å². The minimum Gasteiger partial charge on any atom is -0.273 e. The zero-order chi connectivity index (χ0) is 20.4. The molecular formula is C22H32N2O2P2. The van der Waals surface area contributed by atoms with Gasteiger partial charge in [-0.2, -0.15) is 13.3 Å². The van der Waals surface area contributed by atoms with Crippen LogP contribution in [0.1, 0.15) is 53.4 Å². The van der Waals surface area contributed by atoms with Crippen LogP contribution in [0.4, 0.5) is 0 Å². The maximum absolute atomic E-state index is 12.7. The molecule has 0 aliphatic carbocycles. The first kappa shape index (κ1) is 20.3. The molecule has 0 aromatic heterocycles. The number of nitrogens with zero attached hydrogens (tertiary/aromatic N) is 2. The van der Waals surface area contributed by atoms with Crippen molar-refractivity contribution in [2.45, 2.75) is 76.3 Å². The van der Waals surface area contributed by atoms with Crippen LogP contribution in [0.3, 0.4) is 0 Å². The highest BCUT2D eigenvalue weighted by Crippen LogP contribution is 2.75. The van der Waals surface area contributed by atoms with Gasteiger partial charge in [-0.25, -0.2) is 10.0 Å². The number of hydrogen-bond acceptors (Lipinski definition) is 2. The third kappa shape index (κ3) is 2.50. The summed E-state index contributed by atoms with van der Waals surface area (Å²) in [6, 6.07) is 8.73. The lowest BCUT2D eigenvalue weighted by molar-refractivity contribution is -0.170. The molecule has 0 unspecified atom stereocenters. The quantitative estimate of drug-likeness (QED) is 0.534. The Morgan fingerprint density at radius 1 is 0.786 bits per heavy atom. The molecule has 4 nitrogen and oxygen atoms in total. The van der Waals surface area contributed by atoms with E-state index in [4.69, 9.17) is 13.3 Å². The second kappa shape index (κ2) is 6.78. The van der Waals surface area contributed by atoms with Gasteiger partial charge in [0.05, 0.1) is 0 Å². The summed E-state index contributed by atoms with van der Waals surface area (Å²) in [4.78, 5) is 25.4. The number of hydrazine groups is 1. The third-order valence-corrected chi connectivity index (χ3v) is 17.2. The molecule has 3 saturated heterocycles. The topological polar surface area (TPSA) is 40.6 Å². The average Bonchev–Trinajstić information content (AvgIpc) is 3.07. The van der Waals surface area contributed by atoms with Crippen LogP contribution in [0, 0.1) is 13.3 Å². The van der Waals surface area contributed by atoms with E-state index < -0.39 is 14.5 Å². The molecule has 28 heavy (non-hydrogen) atoms. The molecule has 152 valence electrons. The molecule has 3 fully saturated rings. The van der Waals surface area contributed by atoms with E-state index in [1.54, 1.807) is 10.0 Å². The summed E-state index contributed by atoms with van der Waals surface area (Å²) in [7, 11) is -3.65. The fourth-order valence-corrected chi connectivity index (χ4v) is 14.2. The second-order valence-corrected chi connectivity index (χ2v) is 16.8. The van der Waals surface area contributed by atoms with E-state index in [0.29, 0.717) is 24.2 Å². The second-order valence-electron chi connectivity index (χ2n) is 8.87. The lowest BCUT2D eigenvalue weighted by Crippen LogP contribution is -2.53. The van der Waals surface area contributed by atoms with E-state index in [0.717, 1.165) is 0 Å². The summed E-state index contributed by atoms with van der Waals surface area (Å²) in [5, 5.41) is 6.18. The molecular weight excluding hydrogens is 386 g/mol. The van der Waals surface area contributed by atoms with Crippen LogP contribution in [0.5, 0.6) is 0 Å². The van der Waals surface area contributed by atoms with E-state index in [1.807, 2.05) is 0 Å². The largest absolute Gasteiger partial charge is 0.273 e. The van der Waals surface area contributed by atoms with Crippen LogP contribution < -0.4 is 10.6 Å². The maximum atomic E-state index is 12.7. The molecule has 4 atom stereocenters. The third-order valence-electron chi connectivity index (χ3n) is 7.69. The molecule has 1 aromatic rings. The highest BCUT2D eigenvalue weighted by Gasteiger charge is 2.61. The summed E-state index contributed by atoms with van der Waals surface area (Å²) in [6.07, 6.45) is 3.09. The number of carbonyl (C=O) groups is 2. The van der Waals surface area contributed by atoms with E-state index >= 15 is 0 Å². The zero-order valence-electron chi connectivity index (χ0n) is 17.5. The molecule has 3 aliphatic rings. The van der Waals surface area contributed by atoms with Crippen molar-refractivity contribution in [3.8, 4) is 0 Å². The highest BCUT2D eigenvalue weighted by molar-refractivity contribution is 7.91. The predicted molar refractivity (Wildman–Crippen MR) is 120 cm³/mol. The molecule has 3 aliphatic heterocycles. The minimum absolute atomic E-state index is 0.0554. The molecule has 0 saturated carbocycles. The smallest absolute Gasteiger partial charge is 0.245 e. The Kier molecular flexibility index (Phi) is 4.91. The number of carbonyl (C=O) groups excluding carboxylic acids is 2. The first-order valence-corrected chi connectivity index (χ1v) is 14.6. The molecule has 6 heteroatoms. The fraction of sp³-hybridized carbons (Fsp3) is 0.545. The van der Waals surface area contributed by atoms with Crippen molar-refractivity contribution >= 4 is 36.9 Å². The van der Waals surface area contributed by atoms with Crippen molar-refractivity contribution in [3.63, 3.8) is 0 Å². The Labute approximate surface area is 170 Å². The van der Waals surface area contributed by atoms with E-state index in [9.17, 15) is 9.59 Å². The van der Waals surface area contributed by atoms with Gasteiger partial charge in [0, 0.05) is 24.2 Å². The monoisotopic (exact) mass is 418 g/mol. The van der Waals surface area contributed by atoms with Gasteiger partial charge < -0.3 is 0 Å². The van der Waals surface area contributed by atoms with Gasteiger partial charge in [0.2, 0.25) is 11.8 Å². The van der Waals surface area contributed by atoms with Crippen molar-refractivity contribution < 1.29 is 9.59 Å². The lowest BCUT2D eigenvalue weighted by atomic mass is 10.2. The summed E-state index contributed by atoms with van der Waals surface area (Å²) in [6.45, 7) is 18.6. The molecule has 0 N–H and O–H groups in total. The number of rotatable bonds is 2. The lowest BCUT2D eigenvalue weighted by Gasteiger charge is -2.40. The Hall–Kier alpha value is -0.980. The van der Waals surface area contributed by atoms with Gasteiger partial charge >= 0.3 is 0 Å². The molecule has 4 rings (SSSR count). The van der Waals surface area contributed by atoms with Crippen LogP contribution >= 0.6 is 14.5 Å². The maximum Gasteiger partial charge on any atom is 0.245 e. The number of amides is 2. The van der Waals surface area contributed by atoms with Crippen LogP contribution in [0.2, 0.25) is 0 Å². The van der Waals surface area contributed by atoms with Crippen LogP contribution in [-0.2, 0) is 9.59 Å². The normalized spacial score (nSPS) is 34.1. The molecule has 3 heterocycles. The number of hydrogen-bond donors (Lipinski definition) is 0. The minimum atomic E-state index is -2.07. The Morgan fingerprint density at radius 2 is 1.18 bits per heavy atom. The summed E-state index contributed by atoms with van der Waals surface area (Å²) >= 11 is 0. The van der Waals surface area contributed by atoms with Gasteiger partial charge in [-0.3, -0.25) is 9.59 Å². The van der Waals surface area contributed by atoms with Crippen molar-refractivity contribution in [1.29, 1.82) is 0 Å². The molecule has 0 radical (unpaired) electrons. The van der Waals surface area contributed by atoms with Gasteiger partial charge in [0.15, 0.2) is 0 Å². The summed E-state index contributed by atoms with van der Waals surface area (Å²) in [5.74, 6) is 0.00723. The van der Waals surface area contributed by atoms with Crippen molar-refractivity contribution in [2.75, 3.05) is 0 Å². The standard InChI is InChI=1S/C22H32N2O2P2/c1-15-11-12-16(2)27(15,5)19-9-7-8-10-20(19)28(6)17(3)23-21(25)13-14-22(26)24(23)18(28)4/h7-10,15-18H,5-6,11-14H2,1-4H3/t15-,16-,17-,18-/m1/s1. The average molecular weight is 418 g/mol. The Bertz CT molecular complexity index is 789. The van der Waals surface area contributed by atoms with Crippen molar-refractivity contribution in [3.05, 3.63) is 37.6 Å². The molecule has 0 spiro atoms. The number of fused-ring (bicyclic) bond motifs is 1. The number of benzene rings is 1. The van der Waals surface area contributed by atoms with E-state index in [2.05, 4.69) is 52.0 Å².